The first-order chi connectivity index (χ1) is 4.73. The van der Waals surface area contributed by atoms with E-state index in [-0.39, 0.29) is 0 Å². The van der Waals surface area contributed by atoms with Crippen LogP contribution in [0.15, 0.2) is 30.6 Å². The lowest BCUT2D eigenvalue weighted by molar-refractivity contribution is 1.33. The molecule has 56 valence electrons. The Bertz CT molecular complexity index is 113. The van der Waals surface area contributed by atoms with Gasteiger partial charge in [0.1, 0.15) is -0.0619 Å². The standard InChI is InChI=1S/C5H5N.CHI3/c1-2-4-6-5-3-1;2-1(3)4/h1-5H;1H. The van der Waals surface area contributed by atoms with Gasteiger partial charge in [0, 0.05) is 12.4 Å². The summed E-state index contributed by atoms with van der Waals surface area (Å²) in [6.45, 7) is 0. The van der Waals surface area contributed by atoms with Crippen molar-refractivity contribution in [1.29, 1.82) is 0 Å². The number of pyridine rings is 1. The van der Waals surface area contributed by atoms with Gasteiger partial charge in [-0.05, 0) is 12.1 Å². The zero-order valence-electron chi connectivity index (χ0n) is 5.05. The summed E-state index contributed by atoms with van der Waals surface area (Å²) in [7, 11) is 0. The molecule has 0 aliphatic heterocycles. The van der Waals surface area contributed by atoms with Crippen LogP contribution in [0.4, 0.5) is 0 Å². The van der Waals surface area contributed by atoms with Crippen molar-refractivity contribution < 1.29 is 0 Å². The zero-order chi connectivity index (χ0) is 7.82. The van der Waals surface area contributed by atoms with Gasteiger partial charge in [0.25, 0.3) is 0 Å². The van der Waals surface area contributed by atoms with Crippen LogP contribution in [-0.4, -0.2) is 4.92 Å². The van der Waals surface area contributed by atoms with Crippen molar-refractivity contribution in [2.75, 3.05) is 0 Å². The number of alkyl halides is 3. The Morgan fingerprint density at radius 1 is 0.900 bits per heavy atom. The third kappa shape index (κ3) is 12.1. The van der Waals surface area contributed by atoms with E-state index < -0.39 is 0 Å². The Kier molecular flexibility index (Phi) is 9.57. The van der Waals surface area contributed by atoms with Gasteiger partial charge in [0.15, 0.2) is 0 Å². The molecule has 1 aromatic heterocycles. The van der Waals surface area contributed by atoms with Crippen LogP contribution in [0.1, 0.15) is 0 Å². The molecule has 0 bridgehead atoms. The zero-order valence-corrected chi connectivity index (χ0v) is 11.5. The Morgan fingerprint density at radius 2 is 1.30 bits per heavy atom. The molecule has 1 aromatic rings. The van der Waals surface area contributed by atoms with Gasteiger partial charge in [-0.2, -0.15) is 0 Å². The lowest BCUT2D eigenvalue weighted by Gasteiger charge is -1.71. The molecule has 0 atom stereocenters. The molecule has 1 heterocycles. The van der Waals surface area contributed by atoms with Gasteiger partial charge in [-0.3, -0.25) is 4.98 Å². The third-order valence-electron chi connectivity index (χ3n) is 0.566. The largest absolute Gasteiger partial charge is 0.265 e. The third-order valence-corrected chi connectivity index (χ3v) is 0.566. The van der Waals surface area contributed by atoms with E-state index in [9.17, 15) is 0 Å². The normalized spacial score (nSPS) is 8.40. The molecule has 0 aliphatic rings. The topological polar surface area (TPSA) is 12.9 Å². The van der Waals surface area contributed by atoms with Crippen LogP contribution in [0, 0.1) is 0 Å². The van der Waals surface area contributed by atoms with Crippen LogP contribution in [0.2, 0.25) is 0 Å². The van der Waals surface area contributed by atoms with Crippen LogP contribution in [0.3, 0.4) is 0 Å². The monoisotopic (exact) mass is 473 g/mol. The van der Waals surface area contributed by atoms with E-state index in [1.807, 2.05) is 18.2 Å². The van der Waals surface area contributed by atoms with Gasteiger partial charge in [-0.25, -0.2) is 0 Å². The highest BCUT2D eigenvalue weighted by Gasteiger charge is 1.76. The summed E-state index contributed by atoms with van der Waals surface area (Å²) in [6.07, 6.45) is 3.50. The lowest BCUT2D eigenvalue weighted by atomic mass is 10.5. The molecule has 0 unspecified atom stereocenters. The summed E-state index contributed by atoms with van der Waals surface area (Å²) < 4.78 is 0.743. The highest BCUT2D eigenvalue weighted by molar-refractivity contribution is 14.3. The van der Waals surface area contributed by atoms with E-state index in [1.54, 1.807) is 12.4 Å². The summed E-state index contributed by atoms with van der Waals surface area (Å²) in [5.41, 5.74) is 0. The molecule has 0 N–H and O–H groups in total. The maximum Gasteiger partial charge on any atom is 0.114 e. The van der Waals surface area contributed by atoms with E-state index >= 15 is 0 Å². The molecule has 0 aromatic carbocycles. The van der Waals surface area contributed by atoms with Gasteiger partial charge < -0.3 is 0 Å². The van der Waals surface area contributed by atoms with Crippen molar-refractivity contribution in [2.45, 2.75) is -0.0619 Å². The minimum absolute atomic E-state index is 0.743. The van der Waals surface area contributed by atoms with Crippen molar-refractivity contribution in [1.82, 2.24) is 4.98 Å². The van der Waals surface area contributed by atoms with E-state index in [0.29, 0.717) is 0 Å². The highest BCUT2D eigenvalue weighted by atomic mass is 127. The lowest BCUT2D eigenvalue weighted by Crippen LogP contribution is -1.58. The number of halogens is 3. The smallest absolute Gasteiger partial charge is 0.114 e. The highest BCUT2D eigenvalue weighted by Crippen LogP contribution is 2.16. The molecule has 10 heavy (non-hydrogen) atoms. The maximum atomic E-state index is 3.78. The number of nitrogens with zero attached hydrogens (tertiary/aromatic N) is 1. The maximum absolute atomic E-state index is 3.78. The molecule has 1 nitrogen and oxygen atoms in total. The average molecular weight is 473 g/mol. The molecule has 4 heteroatoms. The van der Waals surface area contributed by atoms with E-state index in [2.05, 4.69) is 72.8 Å². The van der Waals surface area contributed by atoms with Crippen LogP contribution in [-0.2, 0) is 0 Å². The van der Waals surface area contributed by atoms with Crippen LogP contribution < -0.4 is 0 Å². The predicted molar refractivity (Wildman–Crippen MR) is 70.1 cm³/mol. The van der Waals surface area contributed by atoms with Crippen LogP contribution in [0.25, 0.3) is 0 Å². The molecule has 0 saturated carbocycles. The number of hydrogen-bond acceptors (Lipinski definition) is 1. The Balaban J connectivity index is 0.000000180. The fourth-order valence-electron chi connectivity index (χ4n) is 0.313. The SMILES string of the molecule is IC(I)I.c1ccncc1. The molecular formula is C6H6I3N. The average Bonchev–Trinajstić information content (AvgIpc) is 1.90. The summed E-state index contributed by atoms with van der Waals surface area (Å²) >= 11 is 6.95. The molecule has 0 fully saturated rings. The number of rotatable bonds is 0. The van der Waals surface area contributed by atoms with Crippen molar-refractivity contribution in [3.63, 3.8) is 0 Å². The fraction of sp³-hybridized carbons (Fsp3) is 0.167. The second kappa shape index (κ2) is 8.44. The number of aromatic nitrogens is 1. The molecule has 0 amide bonds. The van der Waals surface area contributed by atoms with Gasteiger partial charge in [0.2, 0.25) is 0 Å². The van der Waals surface area contributed by atoms with Crippen molar-refractivity contribution in [3.8, 4) is 0 Å². The fourth-order valence-corrected chi connectivity index (χ4v) is 0.313. The van der Waals surface area contributed by atoms with Gasteiger partial charge in [0.05, 0.1) is 0 Å². The van der Waals surface area contributed by atoms with E-state index in [1.165, 1.54) is 0 Å². The molecule has 1 rings (SSSR count). The van der Waals surface area contributed by atoms with Crippen molar-refractivity contribution >= 4 is 67.8 Å². The molecule has 0 aliphatic carbocycles. The predicted octanol–water partition coefficient (Wildman–Crippen LogP) is 3.66. The second-order valence-corrected chi connectivity index (χ2v) is 12.2. The Labute approximate surface area is 102 Å². The van der Waals surface area contributed by atoms with Gasteiger partial charge in [-0.1, -0.05) is 73.8 Å². The number of hydrogen-bond donors (Lipinski definition) is 0. The van der Waals surface area contributed by atoms with E-state index in [0.717, 1.165) is -0.0619 Å². The van der Waals surface area contributed by atoms with Crippen LogP contribution in [0.5, 0.6) is 0 Å². The summed E-state index contributed by atoms with van der Waals surface area (Å²) in [4.78, 5) is 3.78. The first-order valence-corrected chi connectivity index (χ1v) is 6.24. The van der Waals surface area contributed by atoms with E-state index in [4.69, 9.17) is 0 Å². The molecule has 0 spiro atoms. The minimum atomic E-state index is 0.743. The van der Waals surface area contributed by atoms with Crippen LogP contribution >= 0.6 is 67.8 Å². The van der Waals surface area contributed by atoms with Gasteiger partial charge >= 0.3 is 0 Å². The van der Waals surface area contributed by atoms with Gasteiger partial charge in [-0.15, -0.1) is 0 Å². The van der Waals surface area contributed by atoms with Crippen molar-refractivity contribution in [2.24, 2.45) is 0 Å². The molecule has 0 saturated heterocycles. The first kappa shape index (κ1) is 11.3. The first-order valence-electron chi connectivity index (χ1n) is 2.50. The Hall–Kier alpha value is 1.34. The summed E-state index contributed by atoms with van der Waals surface area (Å²) in [6, 6.07) is 5.72. The molecule has 0 radical (unpaired) electrons. The Morgan fingerprint density at radius 3 is 1.40 bits per heavy atom. The molecular weight excluding hydrogens is 467 g/mol. The quantitative estimate of drug-likeness (QED) is 0.415. The minimum Gasteiger partial charge on any atom is -0.265 e. The summed E-state index contributed by atoms with van der Waals surface area (Å²) in [5.74, 6) is 0. The summed E-state index contributed by atoms with van der Waals surface area (Å²) in [5, 5.41) is 0. The second-order valence-electron chi connectivity index (χ2n) is 1.27. The van der Waals surface area contributed by atoms with Crippen molar-refractivity contribution in [3.05, 3.63) is 30.6 Å².